The summed E-state index contributed by atoms with van der Waals surface area (Å²) in [6.07, 6.45) is 0. The van der Waals surface area contributed by atoms with E-state index in [9.17, 15) is 15.0 Å². The molecule has 0 aromatic heterocycles. The zero-order chi connectivity index (χ0) is 23.8. The molecule has 33 heavy (non-hydrogen) atoms. The van der Waals surface area contributed by atoms with E-state index >= 15 is 0 Å². The number of rotatable bonds is 5. The lowest BCUT2D eigenvalue weighted by molar-refractivity contribution is 0.0693. The summed E-state index contributed by atoms with van der Waals surface area (Å²) in [5, 5.41) is 20.4. The van der Waals surface area contributed by atoms with Crippen molar-refractivity contribution in [2.45, 2.75) is 33.1 Å². The first kappa shape index (κ1) is 22.3. The van der Waals surface area contributed by atoms with E-state index in [1.54, 1.807) is 13.0 Å². The molecule has 166 valence electrons. The lowest BCUT2D eigenvalue weighted by Gasteiger charge is -2.40. The Hall–Kier alpha value is -3.85. The minimum Gasteiger partial charge on any atom is -0.507 e. The Balaban J connectivity index is 2.30. The standard InChI is InChI=1S/C30H28O3/c1-19-11-5-8-14-25(19)30(26-15-9-6-12-20(26)2,27-16-10-7-13-21(27)3)23-17-22(4)28(31)24(18-23)29(32)33/h5-18,31H,1-4H3,(H,32,33). The minimum absolute atomic E-state index is 0.0925. The molecule has 3 nitrogen and oxygen atoms in total. The molecule has 0 heterocycles. The van der Waals surface area contributed by atoms with Gasteiger partial charge in [-0.25, -0.2) is 4.79 Å². The van der Waals surface area contributed by atoms with Crippen LogP contribution in [0.3, 0.4) is 0 Å². The molecule has 0 saturated heterocycles. The highest BCUT2D eigenvalue weighted by Crippen LogP contribution is 2.49. The van der Waals surface area contributed by atoms with Crippen LogP contribution in [0.5, 0.6) is 5.75 Å². The molecular formula is C30H28O3. The highest BCUT2D eigenvalue weighted by atomic mass is 16.4. The zero-order valence-corrected chi connectivity index (χ0v) is 19.4. The van der Waals surface area contributed by atoms with E-state index in [1.807, 2.05) is 42.5 Å². The van der Waals surface area contributed by atoms with Crippen molar-refractivity contribution < 1.29 is 15.0 Å². The first-order valence-electron chi connectivity index (χ1n) is 11.0. The molecule has 4 rings (SSSR count). The van der Waals surface area contributed by atoms with Crippen LogP contribution < -0.4 is 0 Å². The third-order valence-electron chi connectivity index (χ3n) is 6.61. The molecule has 0 aliphatic rings. The topological polar surface area (TPSA) is 57.5 Å². The Bertz CT molecular complexity index is 1240. The quantitative estimate of drug-likeness (QED) is 0.342. The third-order valence-corrected chi connectivity index (χ3v) is 6.61. The van der Waals surface area contributed by atoms with E-state index in [4.69, 9.17) is 0 Å². The molecule has 0 aliphatic carbocycles. The van der Waals surface area contributed by atoms with E-state index in [1.165, 1.54) is 0 Å². The predicted octanol–water partition coefficient (Wildman–Crippen LogP) is 6.71. The number of aromatic carboxylic acids is 1. The van der Waals surface area contributed by atoms with Gasteiger partial charge >= 0.3 is 5.97 Å². The van der Waals surface area contributed by atoms with Gasteiger partial charge in [-0.3, -0.25) is 0 Å². The Morgan fingerprint density at radius 3 is 1.39 bits per heavy atom. The first-order chi connectivity index (χ1) is 15.8. The van der Waals surface area contributed by atoms with Crippen LogP contribution >= 0.6 is 0 Å². The fraction of sp³-hybridized carbons (Fsp3) is 0.167. The van der Waals surface area contributed by atoms with Gasteiger partial charge < -0.3 is 10.2 Å². The van der Waals surface area contributed by atoms with Crippen LogP contribution in [0.2, 0.25) is 0 Å². The van der Waals surface area contributed by atoms with Crippen LogP contribution in [0, 0.1) is 27.7 Å². The number of carboxylic acids is 1. The van der Waals surface area contributed by atoms with E-state index in [-0.39, 0.29) is 11.3 Å². The summed E-state index contributed by atoms with van der Waals surface area (Å²) < 4.78 is 0. The van der Waals surface area contributed by atoms with Crippen molar-refractivity contribution >= 4 is 5.97 Å². The van der Waals surface area contributed by atoms with E-state index in [0.29, 0.717) is 5.56 Å². The summed E-state index contributed by atoms with van der Waals surface area (Å²) in [6.45, 7) is 8.02. The van der Waals surface area contributed by atoms with Crippen molar-refractivity contribution in [1.82, 2.24) is 0 Å². The number of hydrogen-bond donors (Lipinski definition) is 2. The molecule has 0 aliphatic heterocycles. The number of aryl methyl sites for hydroxylation is 4. The lowest BCUT2D eigenvalue weighted by Crippen LogP contribution is -2.34. The Morgan fingerprint density at radius 2 is 1.03 bits per heavy atom. The molecule has 0 amide bonds. The summed E-state index contributed by atoms with van der Waals surface area (Å²) in [6, 6.07) is 28.3. The molecule has 0 saturated carbocycles. The fourth-order valence-electron chi connectivity index (χ4n) is 5.04. The van der Waals surface area contributed by atoms with Gasteiger partial charge in [0.15, 0.2) is 0 Å². The summed E-state index contributed by atoms with van der Waals surface area (Å²) in [5.41, 5.74) is 7.03. The Labute approximate surface area is 195 Å². The number of hydrogen-bond acceptors (Lipinski definition) is 2. The largest absolute Gasteiger partial charge is 0.507 e. The van der Waals surface area contributed by atoms with Crippen molar-refractivity contribution in [3.63, 3.8) is 0 Å². The van der Waals surface area contributed by atoms with Gasteiger partial charge in [0.2, 0.25) is 0 Å². The molecule has 0 fully saturated rings. The average Bonchev–Trinajstić information content (AvgIpc) is 2.79. The van der Waals surface area contributed by atoms with Crippen LogP contribution in [-0.4, -0.2) is 16.2 Å². The Kier molecular flexibility index (Phi) is 5.82. The van der Waals surface area contributed by atoms with Gasteiger partial charge in [-0.05, 0) is 78.3 Å². The average molecular weight is 437 g/mol. The van der Waals surface area contributed by atoms with Gasteiger partial charge in [0.25, 0.3) is 0 Å². The van der Waals surface area contributed by atoms with Crippen molar-refractivity contribution in [3.8, 4) is 5.75 Å². The molecule has 0 spiro atoms. The highest BCUT2D eigenvalue weighted by molar-refractivity contribution is 5.92. The maximum absolute atomic E-state index is 12.1. The minimum atomic E-state index is -1.15. The summed E-state index contributed by atoms with van der Waals surface area (Å²) in [4.78, 5) is 12.1. The van der Waals surface area contributed by atoms with Gasteiger partial charge in [0, 0.05) is 0 Å². The Morgan fingerprint density at radius 1 is 0.636 bits per heavy atom. The van der Waals surface area contributed by atoms with Crippen LogP contribution in [-0.2, 0) is 5.41 Å². The van der Waals surface area contributed by atoms with Gasteiger partial charge in [0.1, 0.15) is 11.3 Å². The smallest absolute Gasteiger partial charge is 0.339 e. The van der Waals surface area contributed by atoms with Crippen LogP contribution in [0.1, 0.15) is 54.9 Å². The van der Waals surface area contributed by atoms with Gasteiger partial charge in [-0.1, -0.05) is 78.9 Å². The third kappa shape index (κ3) is 3.60. The maximum Gasteiger partial charge on any atom is 0.339 e. The second-order valence-corrected chi connectivity index (χ2v) is 8.69. The SMILES string of the molecule is Cc1ccccc1C(c1cc(C)c(O)c(C(=O)O)c1)(c1ccccc1C)c1ccccc1C. The van der Waals surface area contributed by atoms with Crippen molar-refractivity contribution in [2.75, 3.05) is 0 Å². The maximum atomic E-state index is 12.1. The van der Waals surface area contributed by atoms with Crippen LogP contribution in [0.4, 0.5) is 0 Å². The summed E-state index contributed by atoms with van der Waals surface area (Å²) >= 11 is 0. The zero-order valence-electron chi connectivity index (χ0n) is 19.4. The van der Waals surface area contributed by atoms with Gasteiger partial charge in [-0.15, -0.1) is 0 Å². The van der Waals surface area contributed by atoms with Crippen molar-refractivity contribution in [1.29, 1.82) is 0 Å². The van der Waals surface area contributed by atoms with Gasteiger partial charge in [0.05, 0.1) is 5.41 Å². The van der Waals surface area contributed by atoms with E-state index in [2.05, 4.69) is 57.2 Å². The molecule has 0 radical (unpaired) electrons. The molecule has 4 aromatic carbocycles. The van der Waals surface area contributed by atoms with E-state index in [0.717, 1.165) is 38.9 Å². The lowest BCUT2D eigenvalue weighted by atomic mass is 9.62. The fourth-order valence-corrected chi connectivity index (χ4v) is 5.04. The number of phenols is 1. The van der Waals surface area contributed by atoms with Crippen LogP contribution in [0.15, 0.2) is 84.9 Å². The highest BCUT2D eigenvalue weighted by Gasteiger charge is 2.42. The monoisotopic (exact) mass is 436 g/mol. The first-order valence-corrected chi connectivity index (χ1v) is 11.0. The second-order valence-electron chi connectivity index (χ2n) is 8.69. The van der Waals surface area contributed by atoms with Gasteiger partial charge in [-0.2, -0.15) is 0 Å². The number of carbonyl (C=O) groups is 1. The molecule has 3 heteroatoms. The number of benzene rings is 4. The summed E-state index contributed by atoms with van der Waals surface area (Å²) in [7, 11) is 0. The molecule has 2 N–H and O–H groups in total. The van der Waals surface area contributed by atoms with Crippen LogP contribution in [0.25, 0.3) is 0 Å². The number of carboxylic acid groups (broad SMARTS) is 1. The van der Waals surface area contributed by atoms with Crippen molar-refractivity contribution in [3.05, 3.63) is 135 Å². The molecule has 0 atom stereocenters. The molecule has 0 bridgehead atoms. The second kappa shape index (κ2) is 8.59. The number of aromatic hydroxyl groups is 1. The molecule has 4 aromatic rings. The van der Waals surface area contributed by atoms with E-state index < -0.39 is 11.4 Å². The molecular weight excluding hydrogens is 408 g/mol. The predicted molar refractivity (Wildman–Crippen MR) is 132 cm³/mol. The van der Waals surface area contributed by atoms with Crippen molar-refractivity contribution in [2.24, 2.45) is 0 Å². The normalized spacial score (nSPS) is 11.4. The summed E-state index contributed by atoms with van der Waals surface area (Å²) in [5.74, 6) is -1.34. The molecule has 0 unspecified atom stereocenters.